The van der Waals surface area contributed by atoms with Crippen molar-refractivity contribution < 1.29 is 9.90 Å². The molecule has 96 valence electrons. The van der Waals surface area contributed by atoms with Gasteiger partial charge in [-0.15, -0.1) is 11.3 Å². The van der Waals surface area contributed by atoms with E-state index < -0.39 is 16.9 Å². The smallest absolute Gasteiger partial charge is 0.310 e. The van der Waals surface area contributed by atoms with Gasteiger partial charge in [0.15, 0.2) is 0 Å². The van der Waals surface area contributed by atoms with Gasteiger partial charge in [0.05, 0.1) is 5.41 Å². The largest absolute Gasteiger partial charge is 0.481 e. The molecule has 2 N–H and O–H groups in total. The molecule has 0 amide bonds. The van der Waals surface area contributed by atoms with E-state index in [1.54, 1.807) is 25.2 Å². The lowest BCUT2D eigenvalue weighted by atomic mass is 9.74. The summed E-state index contributed by atoms with van der Waals surface area (Å²) in [6, 6.07) is 0. The highest BCUT2D eigenvalue weighted by atomic mass is 32.1. The van der Waals surface area contributed by atoms with Crippen LogP contribution in [0, 0.1) is 12.3 Å². The third-order valence-electron chi connectivity index (χ3n) is 3.45. The van der Waals surface area contributed by atoms with Gasteiger partial charge in [0, 0.05) is 23.2 Å². The van der Waals surface area contributed by atoms with E-state index in [1.807, 2.05) is 26.2 Å². The number of aryl methyl sites for hydroxylation is 1. The van der Waals surface area contributed by atoms with Crippen molar-refractivity contribution in [1.82, 2.24) is 10.3 Å². The maximum absolute atomic E-state index is 11.2. The number of aromatic nitrogens is 1. The summed E-state index contributed by atoms with van der Waals surface area (Å²) >= 11 is 1.59. The molecule has 0 bridgehead atoms. The molecule has 0 spiro atoms. The van der Waals surface area contributed by atoms with Crippen molar-refractivity contribution in [2.75, 3.05) is 0 Å². The van der Waals surface area contributed by atoms with Gasteiger partial charge in [-0.05, 0) is 34.6 Å². The molecule has 0 radical (unpaired) electrons. The molecule has 4 nitrogen and oxygen atoms in total. The molecule has 1 aromatic heterocycles. The standard InChI is InChI=1S/C12H20N2O2S/c1-8-7-17-9(14-8)6-13-12(4,5)11(2,3)10(15)16/h7,13H,6H2,1-5H3,(H,15,16). The molecule has 1 aromatic rings. The van der Waals surface area contributed by atoms with Gasteiger partial charge in [-0.25, -0.2) is 4.98 Å². The van der Waals surface area contributed by atoms with Crippen LogP contribution < -0.4 is 5.32 Å². The number of carbonyl (C=O) groups is 1. The number of rotatable bonds is 5. The SMILES string of the molecule is Cc1csc(CNC(C)(C)C(C)(C)C(=O)O)n1. The average molecular weight is 256 g/mol. The number of carboxylic acids is 1. The Bertz CT molecular complexity index is 410. The van der Waals surface area contributed by atoms with E-state index in [0.29, 0.717) is 6.54 Å². The molecule has 17 heavy (non-hydrogen) atoms. The molecule has 0 aliphatic carbocycles. The Labute approximate surface area is 106 Å². The summed E-state index contributed by atoms with van der Waals surface area (Å²) < 4.78 is 0. The number of hydrogen-bond donors (Lipinski definition) is 2. The van der Waals surface area contributed by atoms with Gasteiger partial charge in [0.1, 0.15) is 5.01 Å². The van der Waals surface area contributed by atoms with Gasteiger partial charge < -0.3 is 10.4 Å². The van der Waals surface area contributed by atoms with Crippen LogP contribution in [-0.4, -0.2) is 21.6 Å². The second-order valence-electron chi connectivity index (χ2n) is 5.29. The highest BCUT2D eigenvalue weighted by Gasteiger charge is 2.43. The highest BCUT2D eigenvalue weighted by molar-refractivity contribution is 7.09. The molecule has 0 aliphatic rings. The zero-order valence-corrected chi connectivity index (χ0v) is 11.8. The maximum Gasteiger partial charge on any atom is 0.310 e. The molecule has 0 atom stereocenters. The van der Waals surface area contributed by atoms with Crippen molar-refractivity contribution in [3.8, 4) is 0 Å². The monoisotopic (exact) mass is 256 g/mol. The van der Waals surface area contributed by atoms with Crippen molar-refractivity contribution in [2.24, 2.45) is 5.41 Å². The summed E-state index contributed by atoms with van der Waals surface area (Å²) in [5.41, 5.74) is -0.334. The number of nitrogens with zero attached hydrogens (tertiary/aromatic N) is 1. The second-order valence-corrected chi connectivity index (χ2v) is 6.23. The van der Waals surface area contributed by atoms with Crippen LogP contribution in [0.3, 0.4) is 0 Å². The molecular formula is C12H20N2O2S. The minimum atomic E-state index is -0.834. The number of thiazole rings is 1. The Morgan fingerprint density at radius 1 is 1.47 bits per heavy atom. The molecule has 0 unspecified atom stereocenters. The third-order valence-corrected chi connectivity index (χ3v) is 4.41. The van der Waals surface area contributed by atoms with Crippen LogP contribution in [0.15, 0.2) is 5.38 Å². The Balaban J connectivity index is 2.70. The Morgan fingerprint density at radius 2 is 2.06 bits per heavy atom. The average Bonchev–Trinajstić information content (AvgIpc) is 2.61. The van der Waals surface area contributed by atoms with Gasteiger partial charge in [-0.3, -0.25) is 4.79 Å². The van der Waals surface area contributed by atoms with Crippen LogP contribution in [0.4, 0.5) is 0 Å². The number of carboxylic acid groups (broad SMARTS) is 1. The van der Waals surface area contributed by atoms with E-state index in [1.165, 1.54) is 0 Å². The van der Waals surface area contributed by atoms with E-state index in [0.717, 1.165) is 10.7 Å². The quantitative estimate of drug-likeness (QED) is 0.849. The predicted molar refractivity (Wildman–Crippen MR) is 69.2 cm³/mol. The Hall–Kier alpha value is -0.940. The topological polar surface area (TPSA) is 62.2 Å². The number of aliphatic carboxylic acids is 1. The molecular weight excluding hydrogens is 236 g/mol. The third kappa shape index (κ3) is 3.04. The lowest BCUT2D eigenvalue weighted by Gasteiger charge is -2.38. The molecule has 0 fully saturated rings. The lowest BCUT2D eigenvalue weighted by Crippen LogP contribution is -2.54. The summed E-state index contributed by atoms with van der Waals surface area (Å²) in [6.07, 6.45) is 0. The van der Waals surface area contributed by atoms with E-state index in [4.69, 9.17) is 0 Å². The van der Waals surface area contributed by atoms with Crippen molar-refractivity contribution >= 4 is 17.3 Å². The maximum atomic E-state index is 11.2. The molecule has 1 rings (SSSR count). The van der Waals surface area contributed by atoms with E-state index >= 15 is 0 Å². The van der Waals surface area contributed by atoms with Gasteiger partial charge >= 0.3 is 5.97 Å². The summed E-state index contributed by atoms with van der Waals surface area (Å²) in [5.74, 6) is -0.801. The molecule has 0 saturated carbocycles. The van der Waals surface area contributed by atoms with Crippen LogP contribution in [0.2, 0.25) is 0 Å². The van der Waals surface area contributed by atoms with E-state index in [9.17, 15) is 9.90 Å². The Morgan fingerprint density at radius 3 is 2.47 bits per heavy atom. The fraction of sp³-hybridized carbons (Fsp3) is 0.667. The summed E-state index contributed by atoms with van der Waals surface area (Å²) in [7, 11) is 0. The molecule has 1 heterocycles. The van der Waals surface area contributed by atoms with Crippen molar-refractivity contribution in [1.29, 1.82) is 0 Å². The number of hydrogen-bond acceptors (Lipinski definition) is 4. The predicted octanol–water partition coefficient (Wildman–Crippen LogP) is 2.43. The van der Waals surface area contributed by atoms with Crippen LogP contribution in [0.25, 0.3) is 0 Å². The van der Waals surface area contributed by atoms with Crippen LogP contribution in [0.5, 0.6) is 0 Å². The van der Waals surface area contributed by atoms with E-state index in [2.05, 4.69) is 10.3 Å². The van der Waals surface area contributed by atoms with Crippen molar-refractivity contribution in [3.63, 3.8) is 0 Å². The molecule has 5 heteroatoms. The Kier molecular flexibility index (Phi) is 3.94. The fourth-order valence-electron chi connectivity index (χ4n) is 1.27. The van der Waals surface area contributed by atoms with E-state index in [-0.39, 0.29) is 0 Å². The highest BCUT2D eigenvalue weighted by Crippen LogP contribution is 2.31. The summed E-state index contributed by atoms with van der Waals surface area (Å²) in [5, 5.41) is 15.5. The van der Waals surface area contributed by atoms with Gasteiger partial charge in [0.2, 0.25) is 0 Å². The van der Waals surface area contributed by atoms with Gasteiger partial charge in [-0.2, -0.15) is 0 Å². The van der Waals surface area contributed by atoms with Crippen LogP contribution in [0.1, 0.15) is 38.4 Å². The van der Waals surface area contributed by atoms with Gasteiger partial charge in [-0.1, -0.05) is 0 Å². The molecule has 0 aliphatic heterocycles. The van der Waals surface area contributed by atoms with Crippen molar-refractivity contribution in [2.45, 2.75) is 46.7 Å². The second kappa shape index (κ2) is 4.74. The first-order chi connectivity index (χ1) is 7.67. The normalized spacial score (nSPS) is 12.8. The van der Waals surface area contributed by atoms with Crippen molar-refractivity contribution in [3.05, 3.63) is 16.1 Å². The first-order valence-electron chi connectivity index (χ1n) is 5.56. The minimum absolute atomic E-state index is 0.502. The van der Waals surface area contributed by atoms with Gasteiger partial charge in [0.25, 0.3) is 0 Å². The first kappa shape index (κ1) is 14.1. The summed E-state index contributed by atoms with van der Waals surface area (Å²) in [6.45, 7) is 9.82. The zero-order valence-electron chi connectivity index (χ0n) is 11.0. The van der Waals surface area contributed by atoms with Crippen LogP contribution in [-0.2, 0) is 11.3 Å². The zero-order chi connectivity index (χ0) is 13.3. The number of nitrogens with one attached hydrogen (secondary N) is 1. The molecule has 0 aromatic carbocycles. The van der Waals surface area contributed by atoms with Crippen LogP contribution >= 0.6 is 11.3 Å². The molecule has 0 saturated heterocycles. The summed E-state index contributed by atoms with van der Waals surface area (Å²) in [4.78, 5) is 15.6. The fourth-order valence-corrected chi connectivity index (χ4v) is 1.98. The lowest BCUT2D eigenvalue weighted by molar-refractivity contribution is -0.151. The first-order valence-corrected chi connectivity index (χ1v) is 6.44. The minimum Gasteiger partial charge on any atom is -0.481 e.